The lowest BCUT2D eigenvalue weighted by atomic mass is 10.3. The van der Waals surface area contributed by atoms with Gasteiger partial charge in [0, 0.05) is 6.07 Å². The van der Waals surface area contributed by atoms with Gasteiger partial charge in [0.05, 0.1) is 12.3 Å². The topological polar surface area (TPSA) is 60.3 Å². The molecular formula is C15H14F2N4O2S. The summed E-state index contributed by atoms with van der Waals surface area (Å²) in [5.74, 6) is -1.10. The van der Waals surface area contributed by atoms with Gasteiger partial charge in [0.25, 0.3) is 5.91 Å². The largest absolute Gasteiger partial charge is 0.482 e. The number of fused-ring (bicyclic) bond motifs is 1. The number of carbonyl (C=O) groups is 1. The zero-order valence-corrected chi connectivity index (χ0v) is 13.6. The molecule has 1 aliphatic rings. The van der Waals surface area contributed by atoms with E-state index < -0.39 is 11.6 Å². The van der Waals surface area contributed by atoms with Crippen molar-refractivity contribution in [2.75, 3.05) is 17.3 Å². The molecule has 6 nitrogen and oxygen atoms in total. The van der Waals surface area contributed by atoms with Crippen molar-refractivity contribution in [1.82, 2.24) is 14.9 Å². The average molecular weight is 352 g/mol. The maximum atomic E-state index is 13.6. The Kier molecular flexibility index (Phi) is 4.52. The number of thioether (sulfide) groups is 1. The van der Waals surface area contributed by atoms with E-state index in [0.717, 1.165) is 17.7 Å². The summed E-state index contributed by atoms with van der Waals surface area (Å²) >= 11 is 1.26. The minimum atomic E-state index is -0.808. The molecule has 24 heavy (non-hydrogen) atoms. The molecule has 0 aliphatic carbocycles. The molecule has 0 atom stereocenters. The zero-order chi connectivity index (χ0) is 17.3. The van der Waals surface area contributed by atoms with Gasteiger partial charge in [-0.15, -0.1) is 10.2 Å². The van der Waals surface area contributed by atoms with Crippen LogP contribution in [0.1, 0.15) is 12.7 Å². The van der Waals surface area contributed by atoms with Gasteiger partial charge in [-0.2, -0.15) is 0 Å². The molecule has 0 saturated carbocycles. The fourth-order valence-corrected chi connectivity index (χ4v) is 3.01. The highest BCUT2D eigenvalue weighted by Crippen LogP contribution is 2.25. The number of hydrogen-bond acceptors (Lipinski definition) is 5. The number of amides is 1. The Balaban J connectivity index is 1.84. The summed E-state index contributed by atoms with van der Waals surface area (Å²) in [5, 5.41) is 10.0. The summed E-state index contributed by atoms with van der Waals surface area (Å²) < 4.78 is 33.5. The van der Waals surface area contributed by atoms with Crippen LogP contribution in [0, 0.1) is 11.6 Å². The summed E-state index contributed by atoms with van der Waals surface area (Å²) in [6.07, 6.45) is 0. The van der Waals surface area contributed by atoms with Gasteiger partial charge in [0.2, 0.25) is 5.16 Å². The van der Waals surface area contributed by atoms with Crippen LogP contribution in [0.2, 0.25) is 0 Å². The number of aromatic nitrogens is 3. The lowest BCUT2D eigenvalue weighted by Gasteiger charge is -2.29. The van der Waals surface area contributed by atoms with E-state index in [1.807, 2.05) is 6.92 Å². The fourth-order valence-electron chi connectivity index (χ4n) is 2.18. The van der Waals surface area contributed by atoms with Crippen molar-refractivity contribution in [1.29, 1.82) is 0 Å². The van der Waals surface area contributed by atoms with Crippen molar-refractivity contribution >= 4 is 17.7 Å². The number of halogens is 2. The van der Waals surface area contributed by atoms with Crippen LogP contribution in [0.15, 0.2) is 35.5 Å². The van der Waals surface area contributed by atoms with Gasteiger partial charge in [-0.1, -0.05) is 23.9 Å². The Labute approximate surface area is 141 Å². The van der Waals surface area contributed by atoms with Gasteiger partial charge in [0.15, 0.2) is 17.4 Å². The third-order valence-corrected chi connectivity index (χ3v) is 4.11. The summed E-state index contributed by atoms with van der Waals surface area (Å²) in [6.45, 7) is 5.83. The van der Waals surface area contributed by atoms with Crippen LogP contribution in [-0.4, -0.2) is 33.1 Å². The number of ether oxygens (including phenoxy) is 1. The van der Waals surface area contributed by atoms with E-state index in [1.54, 1.807) is 4.68 Å². The quantitative estimate of drug-likeness (QED) is 0.773. The van der Waals surface area contributed by atoms with Crippen molar-refractivity contribution in [2.24, 2.45) is 0 Å². The number of nitrogens with zero attached hydrogens (tertiary/aromatic N) is 4. The number of benzene rings is 1. The number of rotatable bonds is 5. The SMILES string of the molecule is C=C(C)CN1C(=O)CSc2nnc(COc3ccc(F)cc3F)n21. The van der Waals surface area contributed by atoms with Crippen LogP contribution < -0.4 is 9.75 Å². The predicted octanol–water partition coefficient (Wildman–Crippen LogP) is 2.28. The molecule has 1 aromatic carbocycles. The number of carbonyl (C=O) groups excluding carboxylic acids is 1. The first kappa shape index (κ1) is 16.4. The van der Waals surface area contributed by atoms with Crippen molar-refractivity contribution < 1.29 is 18.3 Å². The maximum absolute atomic E-state index is 13.6. The minimum Gasteiger partial charge on any atom is -0.482 e. The first-order valence-corrected chi connectivity index (χ1v) is 8.04. The predicted molar refractivity (Wildman–Crippen MR) is 84.3 cm³/mol. The van der Waals surface area contributed by atoms with E-state index in [9.17, 15) is 13.6 Å². The van der Waals surface area contributed by atoms with Crippen molar-refractivity contribution in [3.8, 4) is 5.75 Å². The van der Waals surface area contributed by atoms with Gasteiger partial charge in [-0.05, 0) is 19.1 Å². The molecule has 0 spiro atoms. The van der Waals surface area contributed by atoms with E-state index in [0.29, 0.717) is 17.5 Å². The van der Waals surface area contributed by atoms with Crippen LogP contribution in [-0.2, 0) is 11.4 Å². The first-order valence-electron chi connectivity index (χ1n) is 7.05. The minimum absolute atomic E-state index is 0.102. The van der Waals surface area contributed by atoms with Crippen LogP contribution in [0.4, 0.5) is 8.78 Å². The average Bonchev–Trinajstić information content (AvgIpc) is 2.92. The van der Waals surface area contributed by atoms with Crippen molar-refractivity contribution in [3.05, 3.63) is 47.8 Å². The van der Waals surface area contributed by atoms with E-state index in [1.165, 1.54) is 22.8 Å². The Hall–Kier alpha value is -2.42. The third-order valence-electron chi connectivity index (χ3n) is 3.20. The molecule has 1 aliphatic heterocycles. The molecule has 0 N–H and O–H groups in total. The normalized spacial score (nSPS) is 13.8. The Morgan fingerprint density at radius 1 is 1.42 bits per heavy atom. The Bertz CT molecular complexity index is 809. The Morgan fingerprint density at radius 3 is 2.92 bits per heavy atom. The molecule has 126 valence electrons. The van der Waals surface area contributed by atoms with Crippen LogP contribution in [0.3, 0.4) is 0 Å². The van der Waals surface area contributed by atoms with Gasteiger partial charge in [0.1, 0.15) is 12.4 Å². The summed E-state index contributed by atoms with van der Waals surface area (Å²) in [6, 6.07) is 3.04. The Morgan fingerprint density at radius 2 is 2.21 bits per heavy atom. The van der Waals surface area contributed by atoms with E-state index in [-0.39, 0.29) is 24.0 Å². The van der Waals surface area contributed by atoms with Gasteiger partial charge >= 0.3 is 0 Å². The molecule has 0 radical (unpaired) electrons. The van der Waals surface area contributed by atoms with Crippen LogP contribution in [0.5, 0.6) is 5.75 Å². The zero-order valence-electron chi connectivity index (χ0n) is 12.8. The molecule has 1 amide bonds. The molecule has 1 aromatic heterocycles. The molecule has 0 unspecified atom stereocenters. The summed E-state index contributed by atoms with van der Waals surface area (Å²) in [5.41, 5.74) is 0.798. The van der Waals surface area contributed by atoms with Gasteiger partial charge in [-0.3, -0.25) is 4.79 Å². The van der Waals surface area contributed by atoms with Gasteiger partial charge in [-0.25, -0.2) is 18.5 Å². The summed E-state index contributed by atoms with van der Waals surface area (Å²) in [4.78, 5) is 12.2. The second-order valence-corrected chi connectivity index (χ2v) is 6.21. The smallest absolute Gasteiger partial charge is 0.252 e. The molecule has 0 saturated heterocycles. The first-order chi connectivity index (χ1) is 11.5. The number of hydrogen-bond donors (Lipinski definition) is 0. The lowest BCUT2D eigenvalue weighted by Crippen LogP contribution is -2.46. The molecule has 9 heteroatoms. The monoisotopic (exact) mass is 352 g/mol. The van der Waals surface area contributed by atoms with E-state index in [4.69, 9.17) is 4.74 Å². The second-order valence-electron chi connectivity index (χ2n) is 5.27. The highest BCUT2D eigenvalue weighted by molar-refractivity contribution is 7.99. The second kappa shape index (κ2) is 6.60. The van der Waals surface area contributed by atoms with E-state index in [2.05, 4.69) is 16.8 Å². The molecule has 2 aromatic rings. The lowest BCUT2D eigenvalue weighted by molar-refractivity contribution is -0.118. The maximum Gasteiger partial charge on any atom is 0.252 e. The molecular weight excluding hydrogens is 338 g/mol. The highest BCUT2D eigenvalue weighted by Gasteiger charge is 2.29. The van der Waals surface area contributed by atoms with Crippen molar-refractivity contribution in [3.63, 3.8) is 0 Å². The molecule has 0 fully saturated rings. The van der Waals surface area contributed by atoms with Crippen LogP contribution >= 0.6 is 11.8 Å². The molecule has 2 heterocycles. The molecule has 0 bridgehead atoms. The summed E-state index contributed by atoms with van der Waals surface area (Å²) in [7, 11) is 0. The fraction of sp³-hybridized carbons (Fsp3) is 0.267. The van der Waals surface area contributed by atoms with Crippen molar-refractivity contribution in [2.45, 2.75) is 18.7 Å². The molecule has 3 rings (SSSR count). The van der Waals surface area contributed by atoms with Gasteiger partial charge < -0.3 is 4.74 Å². The highest BCUT2D eigenvalue weighted by atomic mass is 32.2. The standard InChI is InChI=1S/C15H14F2N4O2S/c1-9(2)6-20-14(22)8-24-15-19-18-13(21(15)20)7-23-12-4-3-10(16)5-11(12)17/h3-5H,1,6-8H2,2H3. The van der Waals surface area contributed by atoms with E-state index >= 15 is 0 Å². The van der Waals surface area contributed by atoms with Crippen LogP contribution in [0.25, 0.3) is 0 Å². The third kappa shape index (κ3) is 3.25.